The molecule has 1 aromatic heterocycles. The highest BCUT2D eigenvalue weighted by atomic mass is 35.5. The molecule has 0 aliphatic rings. The average molecular weight is 405 g/mol. The van der Waals surface area contributed by atoms with Crippen LogP contribution in [0.15, 0.2) is 52.9 Å². The first-order valence-corrected chi connectivity index (χ1v) is 8.60. The number of aliphatic carboxylic acids is 1. The van der Waals surface area contributed by atoms with Crippen LogP contribution in [-0.4, -0.2) is 22.0 Å². The molecule has 0 amide bonds. The van der Waals surface area contributed by atoms with Crippen molar-refractivity contribution in [3.05, 3.63) is 64.2 Å². The van der Waals surface area contributed by atoms with E-state index < -0.39 is 16.9 Å². The molecule has 7 nitrogen and oxygen atoms in total. The zero-order valence-electron chi connectivity index (χ0n) is 15.4. The Morgan fingerprint density at radius 3 is 2.46 bits per heavy atom. The molecule has 3 rings (SSSR count). The summed E-state index contributed by atoms with van der Waals surface area (Å²) in [6, 6.07) is 13.6. The van der Waals surface area contributed by atoms with Gasteiger partial charge >= 0.3 is 11.9 Å². The highest BCUT2D eigenvalue weighted by molar-refractivity contribution is 5.99. The Kier molecular flexibility index (Phi) is 6.77. The molecular formula is C20H21ClN2O5. The number of carboxylic acid groups (broad SMARTS) is 1. The lowest BCUT2D eigenvalue weighted by Gasteiger charge is -2.17. The molecule has 1 heterocycles. The van der Waals surface area contributed by atoms with Crippen LogP contribution in [0, 0.1) is 16.0 Å². The SMILES string of the molecule is CC(C)[C@H](NCc1ccc2oc([N+](=O)[O-])c(-c3ccccc3)c2c1)C(=O)O.Cl. The lowest BCUT2D eigenvalue weighted by molar-refractivity contribution is -0.400. The number of halogens is 1. The van der Waals surface area contributed by atoms with Gasteiger partial charge in [0, 0.05) is 11.9 Å². The standard InChI is InChI=1S/C20H20N2O5.ClH/c1-12(2)18(20(23)24)21-11-13-8-9-16-15(10-13)17(19(27-16)22(25)26)14-6-4-3-5-7-14;/h3-10,12,18,21H,11H2,1-2H3,(H,23,24);1H/t18-;/m0./s1. The summed E-state index contributed by atoms with van der Waals surface area (Å²) in [5.74, 6) is -1.27. The molecule has 148 valence electrons. The molecule has 0 bridgehead atoms. The van der Waals surface area contributed by atoms with E-state index in [1.54, 1.807) is 30.3 Å². The van der Waals surface area contributed by atoms with Crippen LogP contribution < -0.4 is 5.32 Å². The Labute approximate surface area is 167 Å². The number of fused-ring (bicyclic) bond motifs is 1. The maximum Gasteiger partial charge on any atom is 0.442 e. The normalized spacial score (nSPS) is 12.0. The number of carboxylic acids is 1. The van der Waals surface area contributed by atoms with E-state index in [0.717, 1.165) is 5.56 Å². The summed E-state index contributed by atoms with van der Waals surface area (Å²) in [4.78, 5) is 22.3. The summed E-state index contributed by atoms with van der Waals surface area (Å²) in [6.07, 6.45) is 0. The molecular weight excluding hydrogens is 384 g/mol. The molecule has 3 aromatic rings. The highest BCUT2D eigenvalue weighted by Gasteiger charge is 2.26. The highest BCUT2D eigenvalue weighted by Crippen LogP contribution is 2.40. The number of nitro groups is 1. The number of benzene rings is 2. The Morgan fingerprint density at radius 1 is 1.21 bits per heavy atom. The van der Waals surface area contributed by atoms with E-state index in [-0.39, 0.29) is 24.2 Å². The molecule has 0 aliphatic heterocycles. The Morgan fingerprint density at radius 2 is 1.89 bits per heavy atom. The number of hydrogen-bond donors (Lipinski definition) is 2. The Balaban J connectivity index is 0.00000280. The zero-order chi connectivity index (χ0) is 19.6. The van der Waals surface area contributed by atoms with Crippen molar-refractivity contribution in [3.63, 3.8) is 0 Å². The van der Waals surface area contributed by atoms with Crippen LogP contribution in [0.2, 0.25) is 0 Å². The van der Waals surface area contributed by atoms with Crippen molar-refractivity contribution in [3.8, 4) is 11.1 Å². The molecule has 1 atom stereocenters. The largest absolute Gasteiger partial charge is 0.480 e. The Bertz CT molecular complexity index is 985. The number of furan rings is 1. The smallest absolute Gasteiger partial charge is 0.442 e. The van der Waals surface area contributed by atoms with E-state index in [1.807, 2.05) is 32.0 Å². The number of rotatable bonds is 7. The fraction of sp³-hybridized carbons (Fsp3) is 0.250. The van der Waals surface area contributed by atoms with Crippen molar-refractivity contribution in [1.29, 1.82) is 0 Å². The summed E-state index contributed by atoms with van der Waals surface area (Å²) in [5.41, 5.74) is 2.36. The molecule has 28 heavy (non-hydrogen) atoms. The van der Waals surface area contributed by atoms with Crippen molar-refractivity contribution < 1.29 is 19.2 Å². The summed E-state index contributed by atoms with van der Waals surface area (Å²) in [6.45, 7) is 4.00. The van der Waals surface area contributed by atoms with Crippen LogP contribution in [0.1, 0.15) is 19.4 Å². The van der Waals surface area contributed by atoms with Gasteiger partial charge in [-0.05, 0) is 29.2 Å². The van der Waals surface area contributed by atoms with Gasteiger partial charge in [-0.2, -0.15) is 0 Å². The third kappa shape index (κ3) is 4.32. The van der Waals surface area contributed by atoms with E-state index >= 15 is 0 Å². The second kappa shape index (κ2) is 8.86. The van der Waals surface area contributed by atoms with Gasteiger partial charge in [0.2, 0.25) is 0 Å². The van der Waals surface area contributed by atoms with Gasteiger partial charge in [0.05, 0.1) is 0 Å². The quantitative estimate of drug-likeness (QED) is 0.439. The van der Waals surface area contributed by atoms with Crippen LogP contribution in [0.5, 0.6) is 0 Å². The van der Waals surface area contributed by atoms with Gasteiger partial charge in [0.25, 0.3) is 0 Å². The van der Waals surface area contributed by atoms with Crippen LogP contribution in [0.25, 0.3) is 22.1 Å². The fourth-order valence-electron chi connectivity index (χ4n) is 3.09. The van der Waals surface area contributed by atoms with E-state index in [4.69, 9.17) is 4.42 Å². The third-order valence-corrected chi connectivity index (χ3v) is 4.42. The van der Waals surface area contributed by atoms with E-state index in [0.29, 0.717) is 28.6 Å². The maximum absolute atomic E-state index is 11.4. The van der Waals surface area contributed by atoms with E-state index in [2.05, 4.69) is 5.32 Å². The second-order valence-corrected chi connectivity index (χ2v) is 6.68. The molecule has 2 N–H and O–H groups in total. The first kappa shape index (κ1) is 21.4. The van der Waals surface area contributed by atoms with Crippen LogP contribution in [0.3, 0.4) is 0 Å². The third-order valence-electron chi connectivity index (χ3n) is 4.42. The minimum atomic E-state index is -0.907. The molecule has 0 fully saturated rings. The van der Waals surface area contributed by atoms with E-state index in [9.17, 15) is 20.0 Å². The second-order valence-electron chi connectivity index (χ2n) is 6.68. The summed E-state index contributed by atoms with van der Waals surface area (Å²) < 4.78 is 5.46. The van der Waals surface area contributed by atoms with Gasteiger partial charge in [0.1, 0.15) is 22.1 Å². The molecule has 0 spiro atoms. The van der Waals surface area contributed by atoms with Gasteiger partial charge in [-0.1, -0.05) is 50.2 Å². The molecule has 0 saturated heterocycles. The Hall–Kier alpha value is -2.90. The molecule has 0 radical (unpaired) electrons. The molecule has 0 aliphatic carbocycles. The van der Waals surface area contributed by atoms with Gasteiger partial charge in [-0.3, -0.25) is 14.9 Å². The number of hydrogen-bond acceptors (Lipinski definition) is 5. The average Bonchev–Trinajstić information content (AvgIpc) is 3.01. The summed E-state index contributed by atoms with van der Waals surface area (Å²) >= 11 is 0. The minimum absolute atomic E-state index is 0. The number of carbonyl (C=O) groups is 1. The minimum Gasteiger partial charge on any atom is -0.480 e. The first-order chi connectivity index (χ1) is 12.9. The van der Waals surface area contributed by atoms with Crippen LogP contribution in [0.4, 0.5) is 5.88 Å². The lowest BCUT2D eigenvalue weighted by atomic mass is 10.0. The predicted octanol–water partition coefficient (Wildman–Crippen LogP) is 4.63. The van der Waals surface area contributed by atoms with E-state index in [1.165, 1.54) is 0 Å². The topological polar surface area (TPSA) is 106 Å². The molecule has 8 heteroatoms. The number of nitrogens with one attached hydrogen (secondary N) is 1. The van der Waals surface area contributed by atoms with Crippen molar-refractivity contribution in [1.82, 2.24) is 5.32 Å². The van der Waals surface area contributed by atoms with Crippen molar-refractivity contribution >= 4 is 35.2 Å². The lowest BCUT2D eigenvalue weighted by Crippen LogP contribution is -2.40. The zero-order valence-corrected chi connectivity index (χ0v) is 16.2. The number of nitrogens with zero attached hydrogens (tertiary/aromatic N) is 1. The fourth-order valence-corrected chi connectivity index (χ4v) is 3.09. The molecule has 0 unspecified atom stereocenters. The van der Waals surface area contributed by atoms with Crippen LogP contribution in [-0.2, 0) is 11.3 Å². The van der Waals surface area contributed by atoms with Gasteiger partial charge in [-0.25, -0.2) is 0 Å². The van der Waals surface area contributed by atoms with Crippen LogP contribution >= 0.6 is 12.4 Å². The van der Waals surface area contributed by atoms with Gasteiger partial charge in [-0.15, -0.1) is 12.4 Å². The van der Waals surface area contributed by atoms with Gasteiger partial charge in [0.15, 0.2) is 0 Å². The predicted molar refractivity (Wildman–Crippen MR) is 109 cm³/mol. The maximum atomic E-state index is 11.4. The summed E-state index contributed by atoms with van der Waals surface area (Å²) in [7, 11) is 0. The van der Waals surface area contributed by atoms with Gasteiger partial charge < -0.3 is 14.8 Å². The van der Waals surface area contributed by atoms with Crippen molar-refractivity contribution in [2.24, 2.45) is 5.92 Å². The molecule has 2 aromatic carbocycles. The molecule has 0 saturated carbocycles. The van der Waals surface area contributed by atoms with Crippen molar-refractivity contribution in [2.45, 2.75) is 26.4 Å². The first-order valence-electron chi connectivity index (χ1n) is 8.60. The summed E-state index contributed by atoms with van der Waals surface area (Å²) in [5, 5.41) is 24.4. The van der Waals surface area contributed by atoms with Crippen molar-refractivity contribution in [2.75, 3.05) is 0 Å². The monoisotopic (exact) mass is 404 g/mol.